The Hall–Kier alpha value is -6.21. The Morgan fingerprint density at radius 1 is 0.820 bits per heavy atom. The maximum Gasteiger partial charge on any atom is 0.215 e. The van der Waals surface area contributed by atoms with Crippen LogP contribution in [0.15, 0.2) is 28.3 Å². The summed E-state index contributed by atoms with van der Waals surface area (Å²) in [5, 5.41) is 25.8. The Balaban J connectivity index is 0.000000466. The number of pyridine rings is 2. The molecule has 20 heteroatoms. The number of aromatic nitrogens is 6. The minimum Gasteiger partial charge on any atom is -0.481 e. The summed E-state index contributed by atoms with van der Waals surface area (Å²) in [5.74, 6) is 2.61. The number of ether oxygens (including phenoxy) is 1. The molecule has 0 atom stereocenters. The average Bonchev–Trinajstić information content (AvgIpc) is 3.60. The first-order valence-corrected chi connectivity index (χ1v) is 15.0. The van der Waals surface area contributed by atoms with E-state index >= 15 is 0 Å². The lowest BCUT2D eigenvalue weighted by Gasteiger charge is -2.13. The van der Waals surface area contributed by atoms with E-state index in [9.17, 15) is 0 Å². The van der Waals surface area contributed by atoms with Crippen molar-refractivity contribution in [3.05, 3.63) is 29.6 Å². The third kappa shape index (κ3) is 9.23. The average molecular weight is 690 g/mol. The molecule has 4 aromatic rings. The minimum atomic E-state index is 0. The molecule has 0 bridgehead atoms. The van der Waals surface area contributed by atoms with E-state index in [0.717, 1.165) is 17.9 Å². The van der Waals surface area contributed by atoms with E-state index < -0.39 is 0 Å². The molecule has 1 aliphatic rings. The van der Waals surface area contributed by atoms with Gasteiger partial charge in [-0.25, -0.2) is 24.3 Å². The zero-order valence-electron chi connectivity index (χ0n) is 28.9. The number of amidine groups is 1. The Morgan fingerprint density at radius 2 is 1.40 bits per heavy atom. The van der Waals surface area contributed by atoms with E-state index in [1.54, 1.807) is 39.5 Å². The third-order valence-electron chi connectivity index (χ3n) is 7.06. The van der Waals surface area contributed by atoms with Gasteiger partial charge in [-0.1, -0.05) is 7.43 Å². The molecule has 16 N–H and O–H groups in total. The van der Waals surface area contributed by atoms with E-state index in [1.165, 1.54) is 7.11 Å². The van der Waals surface area contributed by atoms with Crippen molar-refractivity contribution in [2.45, 2.75) is 62.1 Å². The highest BCUT2D eigenvalue weighted by molar-refractivity contribution is 6.69. The van der Waals surface area contributed by atoms with Crippen LogP contribution >= 0.6 is 0 Å². The molecule has 0 aliphatic carbocycles. The third-order valence-corrected chi connectivity index (χ3v) is 7.06. The molecule has 0 amide bonds. The number of aryl methyl sites for hydroxylation is 4. The Labute approximate surface area is 294 Å². The summed E-state index contributed by atoms with van der Waals surface area (Å²) >= 11 is 0. The van der Waals surface area contributed by atoms with Crippen LogP contribution in [0.25, 0.3) is 0 Å². The number of anilines is 9. The maximum absolute atomic E-state index is 8.28. The summed E-state index contributed by atoms with van der Waals surface area (Å²) in [6, 6.07) is 4.93. The van der Waals surface area contributed by atoms with Crippen molar-refractivity contribution in [3.63, 3.8) is 0 Å². The largest absolute Gasteiger partial charge is 0.481 e. The number of nitrogen functional groups attached to an aromatic ring is 7. The molecule has 19 nitrogen and oxygen atoms in total. The van der Waals surface area contributed by atoms with E-state index in [1.807, 2.05) is 34.6 Å². The molecule has 0 spiro atoms. The molecule has 5 heterocycles. The van der Waals surface area contributed by atoms with Crippen LogP contribution in [0, 0.1) is 19.3 Å². The lowest BCUT2D eigenvalue weighted by atomic mass is 10.2. The van der Waals surface area contributed by atoms with Crippen LogP contribution in [0.1, 0.15) is 46.5 Å². The molecule has 0 saturated heterocycles. The number of nitrogens with zero attached hydrogens (tertiary/aromatic N) is 9. The van der Waals surface area contributed by atoms with E-state index in [2.05, 4.69) is 35.6 Å². The smallest absolute Gasteiger partial charge is 0.215 e. The van der Waals surface area contributed by atoms with Gasteiger partial charge < -0.3 is 50.2 Å². The summed E-state index contributed by atoms with van der Waals surface area (Å²) in [6.45, 7) is 13.3. The van der Waals surface area contributed by atoms with Crippen molar-refractivity contribution < 1.29 is 4.74 Å². The molecule has 5 rings (SSSR count). The van der Waals surface area contributed by atoms with Crippen molar-refractivity contribution in [1.82, 2.24) is 34.5 Å². The standard InChI is InChI=1S/C17H25N11.C6H12N4.C6H9N3O.CH4.B/c1-5-27-15(20)12(8(3)25-27)22-11-7-10(18)14(19)24-17(11)23-13-9(4)26-28(6-2)16(13)21;1-3-10-6(8)5(7)4(2)9-10;1-10-5-3-2-4(7)6(8)9-5;;/h7,20H,5-6,18,21H2,1-4H3,(H3,19,23,24);3,7-8H2,1-2H3;2-3H,7H2,1H3,(H2,8,9);1H4;. The zero-order chi connectivity index (χ0) is 35.9. The monoisotopic (exact) mass is 689 g/mol. The van der Waals surface area contributed by atoms with Crippen molar-refractivity contribution in [2.24, 2.45) is 10.1 Å². The fraction of sp³-hybridized carbons (Fsp3) is 0.367. The number of methoxy groups -OCH3 is 1. The maximum atomic E-state index is 8.28. The van der Waals surface area contributed by atoms with Crippen molar-refractivity contribution in [3.8, 4) is 5.88 Å². The molecule has 0 unspecified atom stereocenters. The van der Waals surface area contributed by atoms with Gasteiger partial charge in [-0.15, -0.1) is 0 Å². The van der Waals surface area contributed by atoms with Gasteiger partial charge in [0.15, 0.2) is 17.5 Å². The van der Waals surface area contributed by atoms with Crippen LogP contribution in [-0.2, 0) is 13.1 Å². The normalized spacial score (nSPS) is 12.5. The Kier molecular flexibility index (Phi) is 14.9. The molecular formula is C30H50BN18O. The van der Waals surface area contributed by atoms with Gasteiger partial charge in [0.2, 0.25) is 5.88 Å². The van der Waals surface area contributed by atoms with Crippen molar-refractivity contribution in [2.75, 3.05) is 59.1 Å². The SMILES string of the molecule is C.CCN1N=C(C)C(=Nc2cc(N)c(N)nc2Nc2c(C)nn(CC)c2N)C1=N.CCn1nc(C)c(N)c1N.COc1ccc(N)c(N)n1.[B]. The number of nitrogens with two attached hydrogens (primary N) is 7. The predicted molar refractivity (Wildman–Crippen MR) is 207 cm³/mol. The summed E-state index contributed by atoms with van der Waals surface area (Å²) in [6.07, 6.45) is 0. The molecule has 0 fully saturated rings. The fourth-order valence-electron chi connectivity index (χ4n) is 4.31. The molecule has 3 radical (unpaired) electrons. The fourth-order valence-corrected chi connectivity index (χ4v) is 4.31. The first kappa shape index (κ1) is 41.8. The highest BCUT2D eigenvalue weighted by Crippen LogP contribution is 2.34. The highest BCUT2D eigenvalue weighted by Gasteiger charge is 2.25. The Bertz CT molecular complexity index is 1840. The molecule has 269 valence electrons. The number of rotatable bonds is 7. The van der Waals surface area contributed by atoms with Crippen LogP contribution < -0.4 is 50.2 Å². The van der Waals surface area contributed by atoms with Crippen LogP contribution in [0.2, 0.25) is 0 Å². The van der Waals surface area contributed by atoms with Gasteiger partial charge in [0.25, 0.3) is 0 Å². The lowest BCUT2D eigenvalue weighted by Crippen LogP contribution is -2.26. The van der Waals surface area contributed by atoms with Crippen LogP contribution in [0.5, 0.6) is 5.88 Å². The summed E-state index contributed by atoms with van der Waals surface area (Å²) in [7, 11) is 1.53. The second kappa shape index (κ2) is 17.8. The van der Waals surface area contributed by atoms with E-state index in [-0.39, 0.29) is 27.5 Å². The molecule has 4 aromatic heterocycles. The van der Waals surface area contributed by atoms with E-state index in [4.69, 9.17) is 50.3 Å². The van der Waals surface area contributed by atoms with Crippen LogP contribution in [-0.4, -0.2) is 73.9 Å². The number of nitrogens with one attached hydrogen (secondary N) is 2. The summed E-state index contributed by atoms with van der Waals surface area (Å²) in [4.78, 5) is 12.8. The topological polar surface area (TPSA) is 317 Å². The van der Waals surface area contributed by atoms with Crippen molar-refractivity contribution >= 4 is 83.2 Å². The number of aliphatic imine (C=N–C) groups is 1. The van der Waals surface area contributed by atoms with Gasteiger partial charge in [-0.3, -0.25) is 5.41 Å². The summed E-state index contributed by atoms with van der Waals surface area (Å²) in [5.41, 5.74) is 45.0. The summed E-state index contributed by atoms with van der Waals surface area (Å²) < 4.78 is 8.18. The quantitative estimate of drug-likeness (QED) is 0.126. The van der Waals surface area contributed by atoms with Gasteiger partial charge in [0, 0.05) is 34.1 Å². The van der Waals surface area contributed by atoms with Crippen molar-refractivity contribution in [1.29, 1.82) is 5.41 Å². The predicted octanol–water partition coefficient (Wildman–Crippen LogP) is 2.74. The minimum absolute atomic E-state index is 0. The Morgan fingerprint density at radius 3 is 1.86 bits per heavy atom. The van der Waals surface area contributed by atoms with E-state index in [0.29, 0.717) is 82.1 Å². The highest BCUT2D eigenvalue weighted by atomic mass is 16.5. The van der Waals surface area contributed by atoms with Gasteiger partial charge in [-0.2, -0.15) is 20.3 Å². The molecule has 0 aromatic carbocycles. The van der Waals surface area contributed by atoms with Gasteiger partial charge in [0.1, 0.15) is 34.5 Å². The van der Waals surface area contributed by atoms with Gasteiger partial charge in [-0.05, 0) is 53.7 Å². The van der Waals surface area contributed by atoms with Crippen LogP contribution in [0.4, 0.5) is 57.5 Å². The molecule has 1 aliphatic heterocycles. The first-order chi connectivity index (χ1) is 22.7. The first-order valence-electron chi connectivity index (χ1n) is 15.0. The number of hydrogen-bond acceptors (Lipinski definition) is 16. The van der Waals surface area contributed by atoms with Crippen LogP contribution in [0.3, 0.4) is 0 Å². The van der Waals surface area contributed by atoms with Gasteiger partial charge in [0.05, 0.1) is 41.3 Å². The second-order valence-corrected chi connectivity index (χ2v) is 10.4. The number of hydrogen-bond donors (Lipinski definition) is 9. The molecule has 0 saturated carbocycles. The molecule has 50 heavy (non-hydrogen) atoms. The zero-order valence-corrected chi connectivity index (χ0v) is 28.9. The van der Waals surface area contributed by atoms with Gasteiger partial charge >= 0.3 is 0 Å². The molecular weight excluding hydrogens is 639 g/mol. The number of hydrazone groups is 1. The second-order valence-electron chi connectivity index (χ2n) is 10.4. The lowest BCUT2D eigenvalue weighted by molar-refractivity contribution is 0.399.